The van der Waals surface area contributed by atoms with Gasteiger partial charge in [-0.3, -0.25) is 0 Å². The van der Waals surface area contributed by atoms with E-state index in [1.54, 1.807) is 0 Å². The third kappa shape index (κ3) is 5.87. The second-order valence-corrected chi connectivity index (χ2v) is 4.93. The van der Waals surface area contributed by atoms with E-state index in [1.165, 1.54) is 0 Å². The Labute approximate surface area is 130 Å². The molecule has 24 heavy (non-hydrogen) atoms. The van der Waals surface area contributed by atoms with Crippen molar-refractivity contribution in [2.75, 3.05) is 6.61 Å². The lowest BCUT2D eigenvalue weighted by Crippen LogP contribution is -2.61. The van der Waals surface area contributed by atoms with Gasteiger partial charge >= 0.3 is 24.5 Å². The minimum atomic E-state index is -6.24. The molecule has 0 N–H and O–H groups in total. The molecule has 0 aromatic heterocycles. The number of carbonyl (C=O) groups excluding carboxylic acids is 1. The van der Waals surface area contributed by atoms with Crippen LogP contribution in [0.4, 0.5) is 39.5 Å². The minimum Gasteiger partial charge on any atom is -0.459 e. The van der Waals surface area contributed by atoms with Crippen LogP contribution >= 0.6 is 0 Å². The maximum Gasteiger partial charge on any atom is 0.426 e. The lowest BCUT2D eigenvalue weighted by molar-refractivity contribution is -0.397. The summed E-state index contributed by atoms with van der Waals surface area (Å²) in [4.78, 5) is 11.2. The van der Waals surface area contributed by atoms with E-state index in [2.05, 4.69) is 16.1 Å². The van der Waals surface area contributed by atoms with E-state index in [0.29, 0.717) is 6.92 Å². The van der Waals surface area contributed by atoms with Crippen molar-refractivity contribution in [2.24, 2.45) is 0 Å². The molecule has 0 aromatic rings. The first-order valence-electron chi connectivity index (χ1n) is 6.13. The molecule has 0 saturated heterocycles. The Morgan fingerprint density at radius 3 is 1.71 bits per heavy atom. The lowest BCUT2D eigenvalue weighted by Gasteiger charge is -2.38. The van der Waals surface area contributed by atoms with Gasteiger partial charge in [0.05, 0.1) is 0 Å². The molecule has 1 atom stereocenters. The fourth-order valence-corrected chi connectivity index (χ4v) is 1.55. The predicted molar refractivity (Wildman–Crippen MR) is 61.8 cm³/mol. The van der Waals surface area contributed by atoms with Crippen LogP contribution < -0.4 is 0 Å². The van der Waals surface area contributed by atoms with Gasteiger partial charge in [-0.1, -0.05) is 6.58 Å². The Morgan fingerprint density at radius 2 is 1.42 bits per heavy atom. The molecule has 12 heteroatoms. The minimum absolute atomic E-state index is 0.317. The number of carbonyl (C=O) groups is 1. The van der Waals surface area contributed by atoms with Gasteiger partial charge in [-0.15, -0.1) is 0 Å². The predicted octanol–water partition coefficient (Wildman–Crippen LogP) is 4.33. The second kappa shape index (κ2) is 7.19. The molecular weight excluding hydrogens is 363 g/mol. The molecule has 1 unspecified atom stereocenters. The fraction of sp³-hybridized carbons (Fsp3) is 0.750. The van der Waals surface area contributed by atoms with Crippen LogP contribution in [0.1, 0.15) is 20.3 Å². The molecule has 0 aliphatic rings. The highest BCUT2D eigenvalue weighted by atomic mass is 19.4. The summed E-state index contributed by atoms with van der Waals surface area (Å²) in [6.45, 7) is 2.02. The Balaban J connectivity index is 5.67. The molecule has 0 fully saturated rings. The molecule has 0 saturated carbocycles. The summed E-state index contributed by atoms with van der Waals surface area (Å²) in [7, 11) is 0. The van der Waals surface area contributed by atoms with Crippen LogP contribution in [-0.2, 0) is 14.3 Å². The number of alkyl halides is 9. The van der Waals surface area contributed by atoms with E-state index in [1.807, 2.05) is 0 Å². The van der Waals surface area contributed by atoms with Gasteiger partial charge < -0.3 is 9.47 Å². The summed E-state index contributed by atoms with van der Waals surface area (Å²) < 4.78 is 121. The Kier molecular flexibility index (Phi) is 6.76. The van der Waals surface area contributed by atoms with E-state index in [4.69, 9.17) is 0 Å². The third-order valence-corrected chi connectivity index (χ3v) is 2.63. The van der Waals surface area contributed by atoms with Crippen molar-refractivity contribution in [3.05, 3.63) is 12.2 Å². The van der Waals surface area contributed by atoms with Gasteiger partial charge in [0, 0.05) is 12.0 Å². The highest BCUT2D eigenvalue weighted by molar-refractivity contribution is 5.87. The van der Waals surface area contributed by atoms with Crippen LogP contribution in [0.15, 0.2) is 12.2 Å². The zero-order valence-electron chi connectivity index (χ0n) is 12.3. The van der Waals surface area contributed by atoms with Crippen LogP contribution in [0.25, 0.3) is 0 Å². The van der Waals surface area contributed by atoms with E-state index >= 15 is 0 Å². The number of hydrogen-bond acceptors (Lipinski definition) is 3. The van der Waals surface area contributed by atoms with Crippen molar-refractivity contribution in [3.8, 4) is 0 Å². The van der Waals surface area contributed by atoms with Crippen molar-refractivity contribution in [3.63, 3.8) is 0 Å². The fourth-order valence-electron chi connectivity index (χ4n) is 1.55. The molecule has 0 aromatic carbocycles. The maximum atomic E-state index is 12.9. The molecule has 0 spiro atoms. The molecule has 0 amide bonds. The monoisotopic (exact) mass is 376 g/mol. The van der Waals surface area contributed by atoms with Crippen molar-refractivity contribution >= 4 is 5.97 Å². The second-order valence-electron chi connectivity index (χ2n) is 4.93. The van der Waals surface area contributed by atoms with Crippen LogP contribution in [0.5, 0.6) is 0 Å². The molecule has 0 rings (SSSR count). The van der Waals surface area contributed by atoms with Gasteiger partial charge in [-0.25, -0.2) is 4.79 Å². The molecule has 0 aliphatic heterocycles. The Bertz CT molecular complexity index is 448. The highest BCUT2D eigenvalue weighted by Crippen LogP contribution is 2.49. The maximum absolute atomic E-state index is 12.9. The molecule has 142 valence electrons. The quantitative estimate of drug-likeness (QED) is 0.393. The van der Waals surface area contributed by atoms with Gasteiger partial charge in [-0.05, 0) is 13.8 Å². The molecule has 0 radical (unpaired) electrons. The van der Waals surface area contributed by atoms with Crippen molar-refractivity contribution in [1.29, 1.82) is 0 Å². The Hall–Kier alpha value is -1.46. The van der Waals surface area contributed by atoms with Gasteiger partial charge in [0.25, 0.3) is 5.60 Å². The van der Waals surface area contributed by atoms with Crippen molar-refractivity contribution < 1.29 is 53.8 Å². The summed E-state index contributed by atoms with van der Waals surface area (Å²) in [5.41, 5.74) is -5.47. The average molecular weight is 376 g/mol. The smallest absolute Gasteiger partial charge is 0.426 e. The van der Waals surface area contributed by atoms with Crippen molar-refractivity contribution in [1.82, 2.24) is 0 Å². The molecular formula is C12H13F9O3. The largest absolute Gasteiger partial charge is 0.459 e. The summed E-state index contributed by atoms with van der Waals surface area (Å²) >= 11 is 0. The SMILES string of the molecule is C=C(C)C(=O)OC(C)CC(OCC(F)(F)F)(C(F)(F)F)C(F)(F)F. The number of ether oxygens (including phenoxy) is 2. The molecule has 3 nitrogen and oxygen atoms in total. The summed E-state index contributed by atoms with van der Waals surface area (Å²) in [6, 6.07) is 0. The first-order valence-corrected chi connectivity index (χ1v) is 6.13. The number of esters is 1. The summed E-state index contributed by atoms with van der Waals surface area (Å²) in [5.74, 6) is -1.29. The van der Waals surface area contributed by atoms with Crippen LogP contribution in [0.3, 0.4) is 0 Å². The van der Waals surface area contributed by atoms with E-state index in [9.17, 15) is 44.3 Å². The first kappa shape index (κ1) is 22.5. The zero-order valence-corrected chi connectivity index (χ0v) is 12.3. The van der Waals surface area contributed by atoms with Gasteiger partial charge in [-0.2, -0.15) is 39.5 Å². The van der Waals surface area contributed by atoms with E-state index in [0.717, 1.165) is 6.92 Å². The lowest BCUT2D eigenvalue weighted by atomic mass is 9.94. The summed E-state index contributed by atoms with van der Waals surface area (Å²) in [5, 5.41) is 0. The number of hydrogen-bond donors (Lipinski definition) is 0. The van der Waals surface area contributed by atoms with Gasteiger partial charge in [0.15, 0.2) is 0 Å². The zero-order chi connectivity index (χ0) is 19.6. The van der Waals surface area contributed by atoms with Crippen LogP contribution in [-0.4, -0.2) is 42.8 Å². The standard InChI is InChI=1S/C12H13F9O3/c1-6(2)8(22)24-7(3)4-9(11(16,17)18,12(19,20)21)23-5-10(13,14)15/h7H,1,4-5H2,2-3H3. The van der Waals surface area contributed by atoms with Gasteiger partial charge in [0.1, 0.15) is 12.7 Å². The Morgan fingerprint density at radius 1 is 1.00 bits per heavy atom. The average Bonchev–Trinajstić information content (AvgIpc) is 2.29. The highest BCUT2D eigenvalue weighted by Gasteiger charge is 2.73. The summed E-state index contributed by atoms with van der Waals surface area (Å²) in [6.07, 6.45) is -22.1. The number of halogens is 9. The topological polar surface area (TPSA) is 35.5 Å². The van der Waals surface area contributed by atoms with Gasteiger partial charge in [0.2, 0.25) is 0 Å². The molecule has 0 heterocycles. The van der Waals surface area contributed by atoms with E-state index < -0.39 is 49.2 Å². The van der Waals surface area contributed by atoms with Crippen LogP contribution in [0.2, 0.25) is 0 Å². The molecule has 0 aliphatic carbocycles. The van der Waals surface area contributed by atoms with Crippen LogP contribution in [0, 0.1) is 0 Å². The third-order valence-electron chi connectivity index (χ3n) is 2.63. The normalized spacial score (nSPS) is 15.1. The van der Waals surface area contributed by atoms with Crippen molar-refractivity contribution in [2.45, 2.75) is 50.5 Å². The number of rotatable bonds is 6. The van der Waals surface area contributed by atoms with E-state index in [-0.39, 0.29) is 5.57 Å². The molecule has 0 bridgehead atoms. The first-order chi connectivity index (χ1) is 10.4.